The molecule has 1 aromatic heterocycles. The van der Waals surface area contributed by atoms with Gasteiger partial charge in [0.05, 0.1) is 39.8 Å². The zero-order chi connectivity index (χ0) is 23.1. The van der Waals surface area contributed by atoms with Crippen molar-refractivity contribution in [2.75, 3.05) is 39.1 Å². The van der Waals surface area contributed by atoms with Gasteiger partial charge in [0.1, 0.15) is 34.4 Å². The summed E-state index contributed by atoms with van der Waals surface area (Å²) in [6.07, 6.45) is 0. The third-order valence-corrected chi connectivity index (χ3v) is 4.52. The number of nitrogens with one attached hydrogen (secondary N) is 2. The SMILES string of the molecule is COc1ccc(OC)c(NC(=O)c2cccc(C(=O)Nc3cc(OC)ccc3OC)n2)c1. The van der Waals surface area contributed by atoms with Crippen LogP contribution in [-0.4, -0.2) is 45.2 Å². The quantitative estimate of drug-likeness (QED) is 0.554. The zero-order valence-electron chi connectivity index (χ0n) is 18.1. The van der Waals surface area contributed by atoms with Gasteiger partial charge in [0.2, 0.25) is 0 Å². The number of hydrogen-bond donors (Lipinski definition) is 2. The molecule has 0 bridgehead atoms. The van der Waals surface area contributed by atoms with Crippen molar-refractivity contribution in [3.63, 3.8) is 0 Å². The van der Waals surface area contributed by atoms with E-state index >= 15 is 0 Å². The van der Waals surface area contributed by atoms with Gasteiger partial charge in [0.25, 0.3) is 11.8 Å². The fourth-order valence-electron chi connectivity index (χ4n) is 2.88. The van der Waals surface area contributed by atoms with Crippen molar-refractivity contribution in [3.05, 3.63) is 66.0 Å². The predicted octanol–water partition coefficient (Wildman–Crippen LogP) is 3.62. The van der Waals surface area contributed by atoms with Gasteiger partial charge in [0, 0.05) is 12.1 Å². The molecule has 0 unspecified atom stereocenters. The van der Waals surface area contributed by atoms with Gasteiger partial charge < -0.3 is 29.6 Å². The third kappa shape index (κ3) is 5.07. The molecule has 0 radical (unpaired) electrons. The number of carbonyl (C=O) groups excluding carboxylic acids is 2. The summed E-state index contributed by atoms with van der Waals surface area (Å²) in [7, 11) is 6.03. The van der Waals surface area contributed by atoms with Crippen molar-refractivity contribution in [2.45, 2.75) is 0 Å². The fraction of sp³-hybridized carbons (Fsp3) is 0.174. The second-order valence-corrected chi connectivity index (χ2v) is 6.45. The van der Waals surface area contributed by atoms with Crippen LogP contribution >= 0.6 is 0 Å². The highest BCUT2D eigenvalue weighted by atomic mass is 16.5. The van der Waals surface area contributed by atoms with Crippen LogP contribution in [-0.2, 0) is 0 Å². The lowest BCUT2D eigenvalue weighted by Gasteiger charge is -2.13. The maximum absolute atomic E-state index is 12.8. The minimum Gasteiger partial charge on any atom is -0.497 e. The molecule has 2 aromatic carbocycles. The number of ether oxygens (including phenoxy) is 4. The highest BCUT2D eigenvalue weighted by Crippen LogP contribution is 2.30. The van der Waals surface area contributed by atoms with E-state index in [2.05, 4.69) is 15.6 Å². The number of hydrogen-bond acceptors (Lipinski definition) is 7. The van der Waals surface area contributed by atoms with E-state index in [1.165, 1.54) is 40.6 Å². The standard InChI is InChI=1S/C23H23N3O6/c1-29-14-8-10-20(31-3)18(12-14)25-22(27)16-6-5-7-17(24-16)23(28)26-19-13-15(30-2)9-11-21(19)32-4/h5-13H,1-4H3,(H,25,27)(H,26,28). The number of carbonyl (C=O) groups is 2. The lowest BCUT2D eigenvalue weighted by atomic mass is 10.2. The smallest absolute Gasteiger partial charge is 0.274 e. The minimum absolute atomic E-state index is 0.0557. The number of nitrogens with zero attached hydrogens (tertiary/aromatic N) is 1. The lowest BCUT2D eigenvalue weighted by molar-refractivity contribution is 0.101. The summed E-state index contributed by atoms with van der Waals surface area (Å²) in [6.45, 7) is 0. The van der Waals surface area contributed by atoms with Gasteiger partial charge in [0.15, 0.2) is 0 Å². The van der Waals surface area contributed by atoms with E-state index in [1.807, 2.05) is 0 Å². The summed E-state index contributed by atoms with van der Waals surface area (Å²) < 4.78 is 20.9. The van der Waals surface area contributed by atoms with Crippen molar-refractivity contribution in [1.82, 2.24) is 4.98 Å². The Bertz CT molecular complexity index is 1050. The van der Waals surface area contributed by atoms with E-state index < -0.39 is 11.8 Å². The fourth-order valence-corrected chi connectivity index (χ4v) is 2.88. The van der Waals surface area contributed by atoms with Gasteiger partial charge >= 0.3 is 0 Å². The molecule has 0 atom stereocenters. The molecule has 0 fully saturated rings. The molecule has 3 rings (SSSR count). The average molecular weight is 437 g/mol. The van der Waals surface area contributed by atoms with Crippen molar-refractivity contribution < 1.29 is 28.5 Å². The Labute approximate surface area is 185 Å². The first kappa shape index (κ1) is 22.4. The zero-order valence-corrected chi connectivity index (χ0v) is 18.1. The predicted molar refractivity (Wildman–Crippen MR) is 119 cm³/mol. The molecule has 0 saturated heterocycles. The first-order valence-corrected chi connectivity index (χ1v) is 9.53. The molecular weight excluding hydrogens is 414 g/mol. The molecular formula is C23H23N3O6. The van der Waals surface area contributed by atoms with E-state index in [0.717, 1.165) is 0 Å². The second kappa shape index (κ2) is 10.2. The Morgan fingerprint density at radius 1 is 0.656 bits per heavy atom. The van der Waals surface area contributed by atoms with Crippen LogP contribution in [0, 0.1) is 0 Å². The van der Waals surface area contributed by atoms with Crippen LogP contribution in [0.2, 0.25) is 0 Å². The van der Waals surface area contributed by atoms with Gasteiger partial charge in [-0.3, -0.25) is 9.59 Å². The van der Waals surface area contributed by atoms with Crippen molar-refractivity contribution >= 4 is 23.2 Å². The van der Waals surface area contributed by atoms with Gasteiger partial charge in [-0.25, -0.2) is 4.98 Å². The van der Waals surface area contributed by atoms with Crippen molar-refractivity contribution in [1.29, 1.82) is 0 Å². The highest BCUT2D eigenvalue weighted by Gasteiger charge is 2.16. The Morgan fingerprint density at radius 2 is 1.09 bits per heavy atom. The highest BCUT2D eigenvalue weighted by molar-refractivity contribution is 6.07. The van der Waals surface area contributed by atoms with Crippen LogP contribution in [0.4, 0.5) is 11.4 Å². The number of amides is 2. The second-order valence-electron chi connectivity index (χ2n) is 6.45. The molecule has 0 aliphatic rings. The summed E-state index contributed by atoms with van der Waals surface area (Å²) >= 11 is 0. The lowest BCUT2D eigenvalue weighted by Crippen LogP contribution is -2.19. The topological polar surface area (TPSA) is 108 Å². The molecule has 2 N–H and O–H groups in total. The number of methoxy groups -OCH3 is 4. The molecule has 166 valence electrons. The summed E-state index contributed by atoms with van der Waals surface area (Å²) in [5, 5.41) is 5.45. The summed E-state index contributed by atoms with van der Waals surface area (Å²) in [5.41, 5.74) is 0.935. The largest absolute Gasteiger partial charge is 0.497 e. The van der Waals surface area contributed by atoms with Crippen LogP contribution in [0.1, 0.15) is 21.0 Å². The number of anilines is 2. The maximum atomic E-state index is 12.8. The molecule has 32 heavy (non-hydrogen) atoms. The Morgan fingerprint density at radius 3 is 1.47 bits per heavy atom. The molecule has 9 nitrogen and oxygen atoms in total. The first-order valence-electron chi connectivity index (χ1n) is 9.53. The Hall–Kier alpha value is -4.27. The summed E-state index contributed by atoms with van der Waals surface area (Å²) in [4.78, 5) is 29.7. The molecule has 0 spiro atoms. The van der Waals surface area contributed by atoms with Crippen LogP contribution in [0.25, 0.3) is 0 Å². The Balaban J connectivity index is 1.81. The number of rotatable bonds is 8. The number of benzene rings is 2. The number of aromatic nitrogens is 1. The van der Waals surface area contributed by atoms with E-state index in [1.54, 1.807) is 42.5 Å². The van der Waals surface area contributed by atoms with Crippen molar-refractivity contribution in [3.8, 4) is 23.0 Å². The van der Waals surface area contributed by atoms with E-state index in [4.69, 9.17) is 18.9 Å². The first-order chi connectivity index (χ1) is 15.5. The van der Waals surface area contributed by atoms with Crippen LogP contribution in [0.5, 0.6) is 23.0 Å². The molecule has 9 heteroatoms. The molecule has 1 heterocycles. The van der Waals surface area contributed by atoms with Crippen LogP contribution in [0.15, 0.2) is 54.6 Å². The number of pyridine rings is 1. The van der Waals surface area contributed by atoms with E-state index in [9.17, 15) is 9.59 Å². The van der Waals surface area contributed by atoms with Gasteiger partial charge in [-0.1, -0.05) is 6.07 Å². The molecule has 3 aromatic rings. The minimum atomic E-state index is -0.509. The molecule has 0 aliphatic heterocycles. The molecule has 0 saturated carbocycles. The van der Waals surface area contributed by atoms with E-state index in [-0.39, 0.29) is 11.4 Å². The summed E-state index contributed by atoms with van der Waals surface area (Å²) in [6, 6.07) is 14.6. The maximum Gasteiger partial charge on any atom is 0.274 e. The monoisotopic (exact) mass is 437 g/mol. The van der Waals surface area contributed by atoms with Crippen LogP contribution in [0.3, 0.4) is 0 Å². The summed E-state index contributed by atoms with van der Waals surface area (Å²) in [5.74, 6) is 0.996. The molecule has 0 aliphatic carbocycles. The third-order valence-electron chi connectivity index (χ3n) is 4.52. The van der Waals surface area contributed by atoms with Gasteiger partial charge in [-0.05, 0) is 36.4 Å². The van der Waals surface area contributed by atoms with Gasteiger partial charge in [-0.2, -0.15) is 0 Å². The van der Waals surface area contributed by atoms with Crippen molar-refractivity contribution in [2.24, 2.45) is 0 Å². The Kier molecular flexibility index (Phi) is 7.12. The van der Waals surface area contributed by atoms with Gasteiger partial charge in [-0.15, -0.1) is 0 Å². The van der Waals surface area contributed by atoms with Crippen LogP contribution < -0.4 is 29.6 Å². The average Bonchev–Trinajstić information content (AvgIpc) is 2.83. The normalized spacial score (nSPS) is 10.1. The van der Waals surface area contributed by atoms with E-state index in [0.29, 0.717) is 34.4 Å². The molecule has 2 amide bonds.